The van der Waals surface area contributed by atoms with Gasteiger partial charge in [0, 0.05) is 0 Å². The van der Waals surface area contributed by atoms with Crippen molar-refractivity contribution in [1.29, 1.82) is 0 Å². The zero-order chi connectivity index (χ0) is 11.5. The van der Waals surface area contributed by atoms with Crippen molar-refractivity contribution in [1.82, 2.24) is 30.1 Å². The summed E-state index contributed by atoms with van der Waals surface area (Å²) in [6.07, 6.45) is 0. The second-order valence-corrected chi connectivity index (χ2v) is 3.95. The molecule has 0 radical (unpaired) electrons. The first-order chi connectivity index (χ1) is 7.67. The summed E-state index contributed by atoms with van der Waals surface area (Å²) >= 11 is 6.87. The van der Waals surface area contributed by atoms with Crippen LogP contribution in [0.15, 0.2) is 10.3 Å². The third kappa shape index (κ3) is 2.58. The van der Waals surface area contributed by atoms with E-state index in [1.54, 1.807) is 6.92 Å². The van der Waals surface area contributed by atoms with E-state index in [-0.39, 0.29) is 11.3 Å². The van der Waals surface area contributed by atoms with E-state index in [1.807, 2.05) is 0 Å². The van der Waals surface area contributed by atoms with E-state index in [4.69, 9.17) is 16.3 Å². The highest BCUT2D eigenvalue weighted by molar-refractivity contribution is 7.99. The van der Waals surface area contributed by atoms with Crippen molar-refractivity contribution < 1.29 is 4.74 Å². The summed E-state index contributed by atoms with van der Waals surface area (Å²) in [5.41, 5.74) is 0. The first kappa shape index (κ1) is 11.1. The van der Waals surface area contributed by atoms with Gasteiger partial charge in [0.2, 0.25) is 15.6 Å². The van der Waals surface area contributed by atoms with Crippen molar-refractivity contribution in [2.45, 2.75) is 17.2 Å². The number of aromatic amines is 1. The summed E-state index contributed by atoms with van der Waals surface area (Å²) in [6.45, 7) is 1.80. The molecular formula is C7H7ClN6OS. The Balaban J connectivity index is 2.24. The van der Waals surface area contributed by atoms with Crippen LogP contribution in [0.3, 0.4) is 0 Å². The van der Waals surface area contributed by atoms with Crippen LogP contribution in [-0.4, -0.2) is 37.2 Å². The van der Waals surface area contributed by atoms with Gasteiger partial charge in [-0.2, -0.15) is 15.0 Å². The summed E-state index contributed by atoms with van der Waals surface area (Å²) in [6, 6.07) is 0.162. The second-order valence-electron chi connectivity index (χ2n) is 2.68. The molecule has 84 valence electrons. The number of nitrogens with zero attached hydrogens (tertiary/aromatic N) is 5. The third-order valence-electron chi connectivity index (χ3n) is 1.51. The number of ether oxygens (including phenoxy) is 1. The topological polar surface area (TPSA) is 89.5 Å². The van der Waals surface area contributed by atoms with Crippen molar-refractivity contribution in [3.8, 4) is 6.01 Å². The van der Waals surface area contributed by atoms with Crippen molar-refractivity contribution in [3.05, 3.63) is 11.1 Å². The number of hydrogen-bond acceptors (Lipinski definition) is 7. The number of hydrogen-bond donors (Lipinski definition) is 1. The predicted octanol–water partition coefficient (Wildman–Crippen LogP) is 1.11. The second kappa shape index (κ2) is 4.62. The molecule has 0 saturated heterocycles. The van der Waals surface area contributed by atoms with Gasteiger partial charge in [0.05, 0.1) is 7.11 Å². The molecule has 0 aliphatic heterocycles. The maximum absolute atomic E-state index is 5.70. The third-order valence-corrected chi connectivity index (χ3v) is 2.41. The molecule has 0 amide bonds. The molecule has 0 fully saturated rings. The summed E-state index contributed by atoms with van der Waals surface area (Å²) in [4.78, 5) is 15.8. The minimum atomic E-state index is 0.0709. The average Bonchev–Trinajstić information content (AvgIpc) is 2.63. The maximum Gasteiger partial charge on any atom is 0.321 e. The highest BCUT2D eigenvalue weighted by Gasteiger charge is 2.09. The van der Waals surface area contributed by atoms with Crippen LogP contribution in [0.2, 0.25) is 5.28 Å². The lowest BCUT2D eigenvalue weighted by atomic mass is 10.8. The van der Waals surface area contributed by atoms with Gasteiger partial charge in [-0.05, 0) is 30.3 Å². The Bertz CT molecular complexity index is 503. The molecule has 2 rings (SSSR count). The van der Waals surface area contributed by atoms with Crippen molar-refractivity contribution >= 4 is 23.4 Å². The van der Waals surface area contributed by atoms with Crippen LogP contribution >= 0.6 is 23.4 Å². The van der Waals surface area contributed by atoms with E-state index < -0.39 is 0 Å². The molecule has 0 atom stereocenters. The molecule has 0 aliphatic carbocycles. The molecule has 0 bridgehead atoms. The van der Waals surface area contributed by atoms with Gasteiger partial charge < -0.3 is 4.74 Å². The van der Waals surface area contributed by atoms with Crippen molar-refractivity contribution in [2.75, 3.05) is 7.11 Å². The Morgan fingerprint density at radius 1 is 1.19 bits per heavy atom. The highest BCUT2D eigenvalue weighted by Crippen LogP contribution is 2.22. The Morgan fingerprint density at radius 2 is 2.00 bits per heavy atom. The average molecular weight is 259 g/mol. The standard InChI is InChI=1S/C7H7ClN6OS/c1-3-9-7(14-13-3)16-6-11-4(8)10-5(12-6)15-2/h1-2H3,(H,9,13,14). The van der Waals surface area contributed by atoms with Crippen LogP contribution in [0.1, 0.15) is 5.82 Å². The fourth-order valence-electron chi connectivity index (χ4n) is 0.901. The fraction of sp³-hybridized carbons (Fsp3) is 0.286. The van der Waals surface area contributed by atoms with Crippen molar-refractivity contribution in [3.63, 3.8) is 0 Å². The molecule has 0 unspecified atom stereocenters. The highest BCUT2D eigenvalue weighted by atomic mass is 35.5. The monoisotopic (exact) mass is 258 g/mol. The van der Waals surface area contributed by atoms with E-state index in [0.717, 1.165) is 5.82 Å². The summed E-state index contributed by atoms with van der Waals surface area (Å²) < 4.78 is 4.87. The lowest BCUT2D eigenvalue weighted by Gasteiger charge is -1.99. The minimum absolute atomic E-state index is 0.0709. The van der Waals surface area contributed by atoms with E-state index in [9.17, 15) is 0 Å². The number of nitrogens with one attached hydrogen (secondary N) is 1. The summed E-state index contributed by atoms with van der Waals surface area (Å²) in [7, 11) is 1.46. The van der Waals surface area contributed by atoms with Gasteiger partial charge in [0.25, 0.3) is 0 Å². The van der Waals surface area contributed by atoms with E-state index in [0.29, 0.717) is 10.3 Å². The molecule has 2 heterocycles. The summed E-state index contributed by atoms with van der Waals surface area (Å²) in [5, 5.41) is 7.63. The maximum atomic E-state index is 5.70. The largest absolute Gasteiger partial charge is 0.467 e. The van der Waals surface area contributed by atoms with E-state index >= 15 is 0 Å². The summed E-state index contributed by atoms with van der Waals surface area (Å²) in [5.74, 6) is 0.717. The zero-order valence-electron chi connectivity index (χ0n) is 8.43. The zero-order valence-corrected chi connectivity index (χ0v) is 10.0. The Labute approximate surface area is 100 Å². The Kier molecular flexibility index (Phi) is 3.20. The lowest BCUT2D eigenvalue weighted by molar-refractivity contribution is 0.373. The molecule has 7 nitrogen and oxygen atoms in total. The van der Waals surface area contributed by atoms with Gasteiger partial charge in [0.15, 0.2) is 0 Å². The number of aryl methyl sites for hydroxylation is 1. The number of aromatic nitrogens is 6. The van der Waals surface area contributed by atoms with Crippen LogP contribution in [0.5, 0.6) is 6.01 Å². The molecule has 9 heteroatoms. The van der Waals surface area contributed by atoms with Gasteiger partial charge in [-0.3, -0.25) is 5.10 Å². The SMILES string of the molecule is COc1nc(Cl)nc(Sc2n[nH]c(C)n2)n1. The molecule has 0 spiro atoms. The van der Waals surface area contributed by atoms with Crippen LogP contribution in [0, 0.1) is 6.92 Å². The van der Waals surface area contributed by atoms with E-state index in [1.165, 1.54) is 18.9 Å². The van der Waals surface area contributed by atoms with E-state index in [2.05, 4.69) is 30.1 Å². The van der Waals surface area contributed by atoms with Gasteiger partial charge >= 0.3 is 6.01 Å². The first-order valence-corrected chi connectivity index (χ1v) is 5.39. The van der Waals surface area contributed by atoms with Gasteiger partial charge in [-0.25, -0.2) is 4.98 Å². The molecule has 0 aromatic carbocycles. The van der Waals surface area contributed by atoms with Crippen LogP contribution in [-0.2, 0) is 0 Å². The minimum Gasteiger partial charge on any atom is -0.467 e. The normalized spacial score (nSPS) is 10.4. The molecule has 0 aliphatic rings. The Hall–Kier alpha value is -1.41. The molecule has 2 aromatic rings. The van der Waals surface area contributed by atoms with Gasteiger partial charge in [0.1, 0.15) is 5.82 Å². The van der Waals surface area contributed by atoms with Crippen LogP contribution in [0.4, 0.5) is 0 Å². The predicted molar refractivity (Wildman–Crippen MR) is 56.6 cm³/mol. The fourth-order valence-corrected chi connectivity index (χ4v) is 1.80. The number of halogens is 1. The van der Waals surface area contributed by atoms with Gasteiger partial charge in [-0.1, -0.05) is 0 Å². The molecule has 1 N–H and O–H groups in total. The van der Waals surface area contributed by atoms with Crippen molar-refractivity contribution in [2.24, 2.45) is 0 Å². The molecule has 0 saturated carbocycles. The first-order valence-electron chi connectivity index (χ1n) is 4.20. The van der Waals surface area contributed by atoms with Crippen LogP contribution < -0.4 is 4.74 Å². The number of H-pyrrole nitrogens is 1. The molecule has 16 heavy (non-hydrogen) atoms. The lowest BCUT2D eigenvalue weighted by Crippen LogP contribution is -1.97. The van der Waals surface area contributed by atoms with Crippen LogP contribution in [0.25, 0.3) is 0 Å². The molecular weight excluding hydrogens is 252 g/mol. The smallest absolute Gasteiger partial charge is 0.321 e. The molecule has 2 aromatic heterocycles. The van der Waals surface area contributed by atoms with Gasteiger partial charge in [-0.15, -0.1) is 5.10 Å². The number of rotatable bonds is 3. The number of methoxy groups -OCH3 is 1. The Morgan fingerprint density at radius 3 is 2.62 bits per heavy atom. The quantitative estimate of drug-likeness (QED) is 0.882.